The average Bonchev–Trinajstić information content (AvgIpc) is 2.22. The number of imide groups is 1. The van der Waals surface area contributed by atoms with E-state index in [1.807, 2.05) is 6.92 Å². The van der Waals surface area contributed by atoms with E-state index in [9.17, 15) is 14.7 Å². The van der Waals surface area contributed by atoms with E-state index in [2.05, 4.69) is 0 Å². The summed E-state index contributed by atoms with van der Waals surface area (Å²) in [6.07, 6.45) is 3.44. The maximum Gasteiger partial charge on any atom is 0.229 e. The normalized spacial score (nSPS) is 19.5. The van der Waals surface area contributed by atoms with Crippen LogP contribution in [0.4, 0.5) is 0 Å². The smallest absolute Gasteiger partial charge is 0.229 e. The van der Waals surface area contributed by atoms with E-state index >= 15 is 0 Å². The van der Waals surface area contributed by atoms with Crippen LogP contribution in [0.15, 0.2) is 0 Å². The molecule has 0 radical (unpaired) electrons. The second kappa shape index (κ2) is 5.85. The number of amides is 2. The molecular formula is C11H19NO3. The van der Waals surface area contributed by atoms with Crippen molar-refractivity contribution in [1.82, 2.24) is 4.90 Å². The Morgan fingerprint density at radius 3 is 2.47 bits per heavy atom. The van der Waals surface area contributed by atoms with Crippen molar-refractivity contribution in [2.24, 2.45) is 0 Å². The van der Waals surface area contributed by atoms with Gasteiger partial charge in [-0.1, -0.05) is 6.92 Å². The second-order valence-electron chi connectivity index (χ2n) is 4.00. The molecule has 86 valence electrons. The van der Waals surface area contributed by atoms with Gasteiger partial charge in [0, 0.05) is 19.4 Å². The molecule has 4 heteroatoms. The van der Waals surface area contributed by atoms with E-state index < -0.39 is 0 Å². The Morgan fingerprint density at radius 2 is 1.93 bits per heavy atom. The Labute approximate surface area is 90.3 Å². The van der Waals surface area contributed by atoms with Gasteiger partial charge in [0.25, 0.3) is 0 Å². The van der Waals surface area contributed by atoms with Crippen LogP contribution >= 0.6 is 0 Å². The first kappa shape index (κ1) is 12.2. The van der Waals surface area contributed by atoms with Gasteiger partial charge in [0.2, 0.25) is 11.8 Å². The van der Waals surface area contributed by atoms with Crippen LogP contribution in [0, 0.1) is 0 Å². The molecule has 0 saturated carbocycles. The largest absolute Gasteiger partial charge is 0.393 e. The summed E-state index contributed by atoms with van der Waals surface area (Å²) in [5.74, 6) is -0.116. The third-order valence-corrected chi connectivity index (χ3v) is 2.77. The van der Waals surface area contributed by atoms with Gasteiger partial charge in [-0.2, -0.15) is 0 Å². The van der Waals surface area contributed by atoms with Gasteiger partial charge < -0.3 is 5.11 Å². The Hall–Kier alpha value is -0.900. The molecule has 1 heterocycles. The molecule has 0 aliphatic carbocycles. The highest BCUT2D eigenvalue weighted by atomic mass is 16.3. The standard InChI is InChI=1S/C11H19NO3/c1-2-9(13)5-4-8-12-10(14)6-3-7-11(12)15/h9,13H,2-8H2,1H3. The number of aliphatic hydroxyl groups excluding tert-OH is 1. The fourth-order valence-corrected chi connectivity index (χ4v) is 1.74. The first-order valence-electron chi connectivity index (χ1n) is 5.66. The van der Waals surface area contributed by atoms with Crippen molar-refractivity contribution in [3.05, 3.63) is 0 Å². The van der Waals surface area contributed by atoms with Gasteiger partial charge in [0.05, 0.1) is 6.10 Å². The van der Waals surface area contributed by atoms with E-state index in [1.165, 1.54) is 4.90 Å². The van der Waals surface area contributed by atoms with Crippen LogP contribution < -0.4 is 0 Å². The summed E-state index contributed by atoms with van der Waals surface area (Å²) < 4.78 is 0. The molecule has 1 fully saturated rings. The van der Waals surface area contributed by atoms with Gasteiger partial charge in [-0.05, 0) is 25.7 Å². The zero-order valence-corrected chi connectivity index (χ0v) is 9.24. The lowest BCUT2D eigenvalue weighted by molar-refractivity contribution is -0.148. The Balaban J connectivity index is 2.29. The van der Waals surface area contributed by atoms with E-state index in [0.29, 0.717) is 38.6 Å². The highest BCUT2D eigenvalue weighted by Gasteiger charge is 2.25. The molecule has 0 spiro atoms. The number of likely N-dealkylation sites (tertiary alicyclic amines) is 1. The predicted octanol–water partition coefficient (Wildman–Crippen LogP) is 1.08. The predicted molar refractivity (Wildman–Crippen MR) is 56.1 cm³/mol. The lowest BCUT2D eigenvalue weighted by atomic mass is 10.1. The molecule has 1 unspecified atom stereocenters. The Bertz CT molecular complexity index is 224. The van der Waals surface area contributed by atoms with Crippen molar-refractivity contribution in [3.63, 3.8) is 0 Å². The third kappa shape index (κ3) is 3.63. The fourth-order valence-electron chi connectivity index (χ4n) is 1.74. The zero-order valence-electron chi connectivity index (χ0n) is 9.24. The van der Waals surface area contributed by atoms with E-state index in [4.69, 9.17) is 0 Å². The summed E-state index contributed by atoms with van der Waals surface area (Å²) in [6, 6.07) is 0. The molecule has 1 rings (SSSR count). The summed E-state index contributed by atoms with van der Waals surface area (Å²) in [4.78, 5) is 24.1. The van der Waals surface area contributed by atoms with Crippen molar-refractivity contribution in [2.75, 3.05) is 6.54 Å². The summed E-state index contributed by atoms with van der Waals surface area (Å²) in [6.45, 7) is 2.39. The minimum atomic E-state index is -0.306. The maximum atomic E-state index is 11.4. The Morgan fingerprint density at radius 1 is 1.33 bits per heavy atom. The van der Waals surface area contributed by atoms with Gasteiger partial charge >= 0.3 is 0 Å². The third-order valence-electron chi connectivity index (χ3n) is 2.77. The molecule has 1 N–H and O–H groups in total. The molecule has 1 aliphatic rings. The van der Waals surface area contributed by atoms with Crippen molar-refractivity contribution < 1.29 is 14.7 Å². The first-order chi connectivity index (χ1) is 7.15. The van der Waals surface area contributed by atoms with Gasteiger partial charge in [0.1, 0.15) is 0 Å². The van der Waals surface area contributed by atoms with Crippen molar-refractivity contribution in [1.29, 1.82) is 0 Å². The average molecular weight is 213 g/mol. The quantitative estimate of drug-likeness (QED) is 0.695. The number of carbonyl (C=O) groups excluding carboxylic acids is 2. The summed E-state index contributed by atoms with van der Waals surface area (Å²) in [7, 11) is 0. The lowest BCUT2D eigenvalue weighted by Gasteiger charge is -2.25. The van der Waals surface area contributed by atoms with E-state index in [0.717, 1.165) is 6.42 Å². The van der Waals surface area contributed by atoms with Gasteiger partial charge in [-0.25, -0.2) is 0 Å². The lowest BCUT2D eigenvalue weighted by Crippen LogP contribution is -2.40. The number of piperidine rings is 1. The van der Waals surface area contributed by atoms with Crippen LogP contribution in [0.2, 0.25) is 0 Å². The molecule has 2 amide bonds. The first-order valence-corrected chi connectivity index (χ1v) is 5.66. The molecule has 4 nitrogen and oxygen atoms in total. The zero-order chi connectivity index (χ0) is 11.3. The second-order valence-corrected chi connectivity index (χ2v) is 4.00. The molecule has 0 aromatic heterocycles. The van der Waals surface area contributed by atoms with Gasteiger partial charge in [-0.15, -0.1) is 0 Å². The number of hydrogen-bond donors (Lipinski definition) is 1. The summed E-state index contributed by atoms with van der Waals surface area (Å²) in [5.41, 5.74) is 0. The number of rotatable bonds is 5. The number of aliphatic hydroxyl groups is 1. The number of nitrogens with zero attached hydrogens (tertiary/aromatic N) is 1. The maximum absolute atomic E-state index is 11.4. The topological polar surface area (TPSA) is 57.6 Å². The van der Waals surface area contributed by atoms with Crippen molar-refractivity contribution >= 4 is 11.8 Å². The number of hydrogen-bond acceptors (Lipinski definition) is 3. The van der Waals surface area contributed by atoms with Crippen LogP contribution in [0.1, 0.15) is 45.4 Å². The summed E-state index contributed by atoms with van der Waals surface area (Å²) >= 11 is 0. The molecular weight excluding hydrogens is 194 g/mol. The molecule has 0 bridgehead atoms. The van der Waals surface area contributed by atoms with Crippen molar-refractivity contribution in [2.45, 2.75) is 51.6 Å². The fraction of sp³-hybridized carbons (Fsp3) is 0.818. The van der Waals surface area contributed by atoms with Gasteiger partial charge in [0.15, 0.2) is 0 Å². The molecule has 1 atom stereocenters. The van der Waals surface area contributed by atoms with Crippen LogP contribution in [0.3, 0.4) is 0 Å². The van der Waals surface area contributed by atoms with E-state index in [-0.39, 0.29) is 17.9 Å². The molecule has 1 saturated heterocycles. The minimum absolute atomic E-state index is 0.0581. The van der Waals surface area contributed by atoms with E-state index in [1.54, 1.807) is 0 Å². The molecule has 0 aromatic rings. The van der Waals surface area contributed by atoms with Crippen LogP contribution in [0.5, 0.6) is 0 Å². The van der Waals surface area contributed by atoms with Crippen LogP contribution in [-0.4, -0.2) is 34.5 Å². The molecule has 0 aromatic carbocycles. The summed E-state index contributed by atoms with van der Waals surface area (Å²) in [5, 5.41) is 9.33. The molecule has 1 aliphatic heterocycles. The monoisotopic (exact) mass is 213 g/mol. The van der Waals surface area contributed by atoms with Crippen LogP contribution in [-0.2, 0) is 9.59 Å². The minimum Gasteiger partial charge on any atom is -0.393 e. The highest BCUT2D eigenvalue weighted by Crippen LogP contribution is 2.13. The van der Waals surface area contributed by atoms with Gasteiger partial charge in [-0.3, -0.25) is 14.5 Å². The number of carbonyl (C=O) groups is 2. The van der Waals surface area contributed by atoms with Crippen molar-refractivity contribution in [3.8, 4) is 0 Å². The molecule has 15 heavy (non-hydrogen) atoms. The van der Waals surface area contributed by atoms with Crippen LogP contribution in [0.25, 0.3) is 0 Å². The highest BCUT2D eigenvalue weighted by molar-refractivity contribution is 5.97. The SMILES string of the molecule is CCC(O)CCCN1C(=O)CCCC1=O. The Kier molecular flexibility index (Phi) is 4.75.